The third-order valence-corrected chi connectivity index (χ3v) is 6.17. The number of carbonyl (C=O) groups is 3. The number of para-hydroxylation sites is 1. The molecule has 2 heterocycles. The van der Waals surface area contributed by atoms with Crippen molar-refractivity contribution in [2.75, 3.05) is 25.5 Å². The third kappa shape index (κ3) is 4.85. The largest absolute Gasteiger partial charge is 0.332 e. The zero-order valence-corrected chi connectivity index (χ0v) is 19.2. The van der Waals surface area contributed by atoms with E-state index in [1.807, 2.05) is 18.2 Å². The van der Waals surface area contributed by atoms with Crippen LogP contribution in [0.15, 0.2) is 60.8 Å². The number of carbonyl (C=O) groups excluding carboxylic acids is 3. The molecule has 1 aliphatic heterocycles. The number of rotatable bonds is 5. The Kier molecular flexibility index (Phi) is 6.75. The molecule has 4 rings (SSSR count). The minimum Gasteiger partial charge on any atom is -0.332 e. The molecule has 9 heteroatoms. The molecule has 1 fully saturated rings. The number of hydrogen-bond donors (Lipinski definition) is 1. The predicted molar refractivity (Wildman–Crippen MR) is 128 cm³/mol. The van der Waals surface area contributed by atoms with Crippen molar-refractivity contribution < 1.29 is 14.4 Å². The number of nitriles is 1. The zero-order chi connectivity index (χ0) is 24.2. The van der Waals surface area contributed by atoms with E-state index in [1.54, 1.807) is 42.6 Å². The molecule has 3 aromatic rings. The Morgan fingerprint density at radius 2 is 1.97 bits per heavy atom. The molecule has 34 heavy (non-hydrogen) atoms. The molecular formula is C25H22ClN5O3. The SMILES string of the molecule is CN(CC(=O)N1CC(C(=O)Nc2ccccc2)CC1C#N)C(=O)c1ccc2c(Cl)ccnc2c1. The van der Waals surface area contributed by atoms with E-state index in [1.165, 1.54) is 16.8 Å². The first-order valence-corrected chi connectivity index (χ1v) is 11.1. The molecule has 2 aromatic carbocycles. The van der Waals surface area contributed by atoms with E-state index in [0.29, 0.717) is 21.8 Å². The highest BCUT2D eigenvalue weighted by Gasteiger charge is 2.39. The van der Waals surface area contributed by atoms with Crippen molar-refractivity contribution in [2.24, 2.45) is 5.92 Å². The molecule has 1 saturated heterocycles. The van der Waals surface area contributed by atoms with Gasteiger partial charge >= 0.3 is 0 Å². The van der Waals surface area contributed by atoms with Gasteiger partial charge in [-0.15, -0.1) is 0 Å². The number of aromatic nitrogens is 1. The van der Waals surface area contributed by atoms with Crippen LogP contribution in [0.25, 0.3) is 10.9 Å². The van der Waals surface area contributed by atoms with Crippen LogP contribution in [0, 0.1) is 17.2 Å². The fourth-order valence-corrected chi connectivity index (χ4v) is 4.24. The molecule has 0 radical (unpaired) electrons. The second kappa shape index (κ2) is 9.89. The number of nitrogens with zero attached hydrogens (tertiary/aromatic N) is 4. The molecule has 0 saturated carbocycles. The number of anilines is 1. The first kappa shape index (κ1) is 23.2. The number of halogens is 1. The van der Waals surface area contributed by atoms with Gasteiger partial charge in [0.25, 0.3) is 5.91 Å². The fraction of sp³-hybridized carbons (Fsp3) is 0.240. The molecule has 172 valence electrons. The van der Waals surface area contributed by atoms with Gasteiger partial charge in [-0.3, -0.25) is 19.4 Å². The van der Waals surface area contributed by atoms with E-state index >= 15 is 0 Å². The Labute approximate surface area is 201 Å². The highest BCUT2D eigenvalue weighted by Crippen LogP contribution is 2.25. The van der Waals surface area contributed by atoms with E-state index in [-0.39, 0.29) is 37.2 Å². The van der Waals surface area contributed by atoms with Gasteiger partial charge in [0.15, 0.2) is 0 Å². The van der Waals surface area contributed by atoms with E-state index in [9.17, 15) is 19.6 Å². The highest BCUT2D eigenvalue weighted by atomic mass is 35.5. The van der Waals surface area contributed by atoms with Crippen molar-refractivity contribution in [3.05, 3.63) is 71.4 Å². The number of pyridine rings is 1. The quantitative estimate of drug-likeness (QED) is 0.609. The van der Waals surface area contributed by atoms with Crippen molar-refractivity contribution in [3.63, 3.8) is 0 Å². The van der Waals surface area contributed by atoms with Crippen LogP contribution in [0.2, 0.25) is 5.02 Å². The molecule has 8 nitrogen and oxygen atoms in total. The van der Waals surface area contributed by atoms with Gasteiger partial charge in [-0.1, -0.05) is 35.9 Å². The van der Waals surface area contributed by atoms with E-state index in [0.717, 1.165) is 5.39 Å². The summed E-state index contributed by atoms with van der Waals surface area (Å²) in [5.41, 5.74) is 1.60. The first-order chi connectivity index (χ1) is 16.4. The summed E-state index contributed by atoms with van der Waals surface area (Å²) in [6.45, 7) is -0.0960. The van der Waals surface area contributed by atoms with Crippen molar-refractivity contribution in [1.29, 1.82) is 5.26 Å². The summed E-state index contributed by atoms with van der Waals surface area (Å²) in [6, 6.07) is 17.0. The minimum absolute atomic E-state index is 0.121. The van der Waals surface area contributed by atoms with Crippen LogP contribution >= 0.6 is 11.6 Å². The minimum atomic E-state index is -0.727. The summed E-state index contributed by atoms with van der Waals surface area (Å²) in [5.74, 6) is -1.50. The van der Waals surface area contributed by atoms with Crippen LogP contribution in [0.4, 0.5) is 5.69 Å². The Morgan fingerprint density at radius 3 is 2.71 bits per heavy atom. The summed E-state index contributed by atoms with van der Waals surface area (Å²) >= 11 is 6.16. The van der Waals surface area contributed by atoms with E-state index < -0.39 is 12.0 Å². The molecular weight excluding hydrogens is 454 g/mol. The topological polar surface area (TPSA) is 106 Å². The van der Waals surface area contributed by atoms with Crippen LogP contribution in [-0.2, 0) is 9.59 Å². The lowest BCUT2D eigenvalue weighted by Crippen LogP contribution is -2.43. The van der Waals surface area contributed by atoms with Gasteiger partial charge in [-0.2, -0.15) is 5.26 Å². The lowest BCUT2D eigenvalue weighted by atomic mass is 10.1. The lowest BCUT2D eigenvalue weighted by molar-refractivity contribution is -0.131. The number of fused-ring (bicyclic) bond motifs is 1. The molecule has 1 aliphatic rings. The van der Waals surface area contributed by atoms with Crippen LogP contribution in [-0.4, -0.2) is 58.7 Å². The average molecular weight is 476 g/mol. The lowest BCUT2D eigenvalue weighted by Gasteiger charge is -2.24. The van der Waals surface area contributed by atoms with Gasteiger partial charge < -0.3 is 15.1 Å². The fourth-order valence-electron chi connectivity index (χ4n) is 4.02. The van der Waals surface area contributed by atoms with Crippen molar-refractivity contribution >= 4 is 45.9 Å². The standard InChI is InChI=1S/C25H22ClN5O3/c1-30(25(34)16-7-8-20-21(26)9-10-28-22(20)12-16)15-23(32)31-14-17(11-19(31)13-27)24(33)29-18-5-3-2-4-6-18/h2-10,12,17,19H,11,14-15H2,1H3,(H,29,33). The summed E-state index contributed by atoms with van der Waals surface area (Å²) in [5, 5.41) is 13.6. The normalized spacial score (nSPS) is 17.3. The predicted octanol–water partition coefficient (Wildman–Crippen LogP) is 3.34. The summed E-state index contributed by atoms with van der Waals surface area (Å²) in [7, 11) is 1.52. The van der Waals surface area contributed by atoms with E-state index in [2.05, 4.69) is 16.4 Å². The molecule has 2 unspecified atom stereocenters. The van der Waals surface area contributed by atoms with Crippen LogP contribution < -0.4 is 5.32 Å². The average Bonchev–Trinajstić information content (AvgIpc) is 3.29. The van der Waals surface area contributed by atoms with Crippen LogP contribution in [0.1, 0.15) is 16.8 Å². The van der Waals surface area contributed by atoms with Crippen molar-refractivity contribution in [1.82, 2.24) is 14.8 Å². The molecule has 3 amide bonds. The second-order valence-corrected chi connectivity index (χ2v) is 8.57. The number of likely N-dealkylation sites (tertiary alicyclic amines) is 1. The molecule has 0 spiro atoms. The third-order valence-electron chi connectivity index (χ3n) is 5.84. The summed E-state index contributed by atoms with van der Waals surface area (Å²) in [6.07, 6.45) is 1.81. The van der Waals surface area contributed by atoms with Crippen LogP contribution in [0.3, 0.4) is 0 Å². The van der Waals surface area contributed by atoms with Gasteiger partial charge in [0.2, 0.25) is 11.8 Å². The van der Waals surface area contributed by atoms with Gasteiger partial charge in [0, 0.05) is 36.4 Å². The Bertz CT molecular complexity index is 1290. The van der Waals surface area contributed by atoms with Gasteiger partial charge in [-0.05, 0) is 36.8 Å². The Morgan fingerprint density at radius 1 is 1.21 bits per heavy atom. The monoisotopic (exact) mass is 475 g/mol. The number of hydrogen-bond acceptors (Lipinski definition) is 5. The Balaban J connectivity index is 1.41. The number of likely N-dealkylation sites (N-methyl/N-ethyl adjacent to an activating group) is 1. The maximum Gasteiger partial charge on any atom is 0.254 e. The zero-order valence-electron chi connectivity index (χ0n) is 18.4. The molecule has 0 aliphatic carbocycles. The maximum absolute atomic E-state index is 13.0. The molecule has 0 bridgehead atoms. The maximum atomic E-state index is 13.0. The molecule has 2 atom stereocenters. The van der Waals surface area contributed by atoms with Crippen molar-refractivity contribution in [2.45, 2.75) is 12.5 Å². The number of nitrogens with one attached hydrogen (secondary N) is 1. The summed E-state index contributed by atoms with van der Waals surface area (Å²) in [4.78, 5) is 45.4. The first-order valence-electron chi connectivity index (χ1n) is 10.7. The van der Waals surface area contributed by atoms with Gasteiger partial charge in [-0.25, -0.2) is 0 Å². The van der Waals surface area contributed by atoms with E-state index in [4.69, 9.17) is 11.6 Å². The van der Waals surface area contributed by atoms with Crippen molar-refractivity contribution in [3.8, 4) is 6.07 Å². The van der Waals surface area contributed by atoms with Crippen LogP contribution in [0.5, 0.6) is 0 Å². The second-order valence-electron chi connectivity index (χ2n) is 8.16. The highest BCUT2D eigenvalue weighted by molar-refractivity contribution is 6.35. The Hall–Kier alpha value is -3.96. The van der Waals surface area contributed by atoms with Gasteiger partial charge in [0.1, 0.15) is 6.04 Å². The van der Waals surface area contributed by atoms with Gasteiger partial charge in [0.05, 0.1) is 29.1 Å². The smallest absolute Gasteiger partial charge is 0.254 e. The molecule has 1 aromatic heterocycles. The summed E-state index contributed by atoms with van der Waals surface area (Å²) < 4.78 is 0. The molecule has 1 N–H and O–H groups in total. The number of amides is 3. The number of benzene rings is 2.